The number of benzene rings is 1. The maximum Gasteiger partial charge on any atom is 0.360 e. The zero-order valence-corrected chi connectivity index (χ0v) is 9.80. The lowest BCUT2D eigenvalue weighted by molar-refractivity contribution is -0.139. The molecule has 0 bridgehead atoms. The quantitative estimate of drug-likeness (QED) is 0.801. The van der Waals surface area contributed by atoms with Crippen molar-refractivity contribution in [2.75, 3.05) is 0 Å². The maximum atomic E-state index is 11.9. The largest absolute Gasteiger partial charge is 0.611 e. The fraction of sp³-hybridized carbons (Fsp3) is 0.364. The molecule has 82 valence electrons. The third kappa shape index (κ3) is 2.52. The lowest BCUT2D eigenvalue weighted by Crippen LogP contribution is -2.40. The monoisotopic (exact) mass is 226 g/mol. The topological polar surface area (TPSA) is 60.4 Å². The summed E-state index contributed by atoms with van der Waals surface area (Å²) in [6.45, 7) is 4.85. The molecular weight excluding hydrogens is 212 g/mol. The summed E-state index contributed by atoms with van der Waals surface area (Å²) in [5, 5.41) is 8.93. The molecule has 0 aromatic heterocycles. The Hall–Kier alpha value is -1.00. The van der Waals surface area contributed by atoms with Gasteiger partial charge in [0.1, 0.15) is 0 Å². The molecular formula is C11H14O3S. The van der Waals surface area contributed by atoms with E-state index in [4.69, 9.17) is 5.11 Å². The van der Waals surface area contributed by atoms with Gasteiger partial charge in [0.2, 0.25) is 4.75 Å². The third-order valence-corrected chi connectivity index (χ3v) is 4.02. The number of aryl methyl sites for hydroxylation is 1. The van der Waals surface area contributed by atoms with Crippen molar-refractivity contribution in [3.8, 4) is 0 Å². The summed E-state index contributed by atoms with van der Waals surface area (Å²) in [6.07, 6.45) is 0. The highest BCUT2D eigenvalue weighted by Crippen LogP contribution is 2.25. The van der Waals surface area contributed by atoms with Crippen LogP contribution >= 0.6 is 0 Å². The second-order valence-corrected chi connectivity index (χ2v) is 5.93. The molecule has 1 aromatic carbocycles. The van der Waals surface area contributed by atoms with Gasteiger partial charge in [0.15, 0.2) is 4.90 Å². The molecule has 3 nitrogen and oxygen atoms in total. The highest BCUT2D eigenvalue weighted by molar-refractivity contribution is 7.93. The number of hydrogen-bond acceptors (Lipinski definition) is 2. The van der Waals surface area contributed by atoms with Gasteiger partial charge in [0.25, 0.3) is 0 Å². The summed E-state index contributed by atoms with van der Waals surface area (Å²) in [7, 11) is 0. The first kappa shape index (κ1) is 12.1. The molecule has 0 fully saturated rings. The van der Waals surface area contributed by atoms with Crippen LogP contribution in [0.3, 0.4) is 0 Å². The summed E-state index contributed by atoms with van der Waals surface area (Å²) < 4.78 is 10.7. The van der Waals surface area contributed by atoms with E-state index in [9.17, 15) is 9.35 Å². The van der Waals surface area contributed by atoms with Gasteiger partial charge in [-0.2, -0.15) is 0 Å². The summed E-state index contributed by atoms with van der Waals surface area (Å²) in [5.41, 5.74) is 1.06. The van der Waals surface area contributed by atoms with Gasteiger partial charge >= 0.3 is 5.97 Å². The van der Waals surface area contributed by atoms with E-state index in [2.05, 4.69) is 0 Å². The van der Waals surface area contributed by atoms with Crippen LogP contribution in [0.25, 0.3) is 0 Å². The number of carboxylic acid groups (broad SMARTS) is 1. The molecule has 0 aliphatic carbocycles. The summed E-state index contributed by atoms with van der Waals surface area (Å²) in [5.74, 6) is -1.05. The van der Waals surface area contributed by atoms with Gasteiger partial charge in [-0.25, -0.2) is 4.79 Å². The van der Waals surface area contributed by atoms with Gasteiger partial charge in [-0.1, -0.05) is 17.7 Å². The summed E-state index contributed by atoms with van der Waals surface area (Å²) >= 11 is -1.53. The van der Waals surface area contributed by atoms with Gasteiger partial charge < -0.3 is 9.66 Å². The molecule has 15 heavy (non-hydrogen) atoms. The third-order valence-electron chi connectivity index (χ3n) is 2.21. The van der Waals surface area contributed by atoms with Crippen molar-refractivity contribution >= 4 is 17.1 Å². The number of rotatable bonds is 3. The van der Waals surface area contributed by atoms with Crippen LogP contribution in [-0.4, -0.2) is 20.4 Å². The highest BCUT2D eigenvalue weighted by atomic mass is 32.2. The Labute approximate surface area is 92.3 Å². The van der Waals surface area contributed by atoms with Crippen LogP contribution in [0.2, 0.25) is 0 Å². The minimum atomic E-state index is -1.53. The molecule has 0 spiro atoms. The SMILES string of the molecule is Cc1ccc([S+]([O-])C(C)(C)C(=O)O)cc1. The van der Waals surface area contributed by atoms with Crippen molar-refractivity contribution < 1.29 is 14.5 Å². The molecule has 0 radical (unpaired) electrons. The maximum absolute atomic E-state index is 11.9. The Balaban J connectivity index is 2.99. The molecule has 1 atom stereocenters. The van der Waals surface area contributed by atoms with E-state index in [0.717, 1.165) is 5.56 Å². The Morgan fingerprint density at radius 2 is 1.80 bits per heavy atom. The van der Waals surface area contributed by atoms with E-state index < -0.39 is 21.9 Å². The first-order chi connectivity index (χ1) is 6.85. The predicted octanol–water partition coefficient (Wildman–Crippen LogP) is 1.97. The summed E-state index contributed by atoms with van der Waals surface area (Å²) in [4.78, 5) is 11.5. The fourth-order valence-corrected chi connectivity index (χ4v) is 2.17. The van der Waals surface area contributed by atoms with Crippen LogP contribution in [0.4, 0.5) is 0 Å². The normalized spacial score (nSPS) is 13.6. The van der Waals surface area contributed by atoms with Crippen molar-refractivity contribution in [3.05, 3.63) is 29.8 Å². The van der Waals surface area contributed by atoms with Gasteiger partial charge in [0, 0.05) is 11.2 Å². The first-order valence-corrected chi connectivity index (χ1v) is 5.72. The molecule has 0 aliphatic rings. The lowest BCUT2D eigenvalue weighted by atomic mass is 10.2. The van der Waals surface area contributed by atoms with Crippen molar-refractivity contribution in [1.82, 2.24) is 0 Å². The summed E-state index contributed by atoms with van der Waals surface area (Å²) in [6, 6.07) is 7.06. The van der Waals surface area contributed by atoms with Gasteiger partial charge in [0.05, 0.1) is 0 Å². The van der Waals surface area contributed by atoms with Crippen molar-refractivity contribution in [2.45, 2.75) is 30.4 Å². The molecule has 4 heteroatoms. The van der Waals surface area contributed by atoms with Crippen LogP contribution in [0.5, 0.6) is 0 Å². The second kappa shape index (κ2) is 4.24. The minimum absolute atomic E-state index is 0.549. The molecule has 1 rings (SSSR count). The van der Waals surface area contributed by atoms with Crippen molar-refractivity contribution in [3.63, 3.8) is 0 Å². The van der Waals surface area contributed by atoms with Gasteiger partial charge in [-0.15, -0.1) is 0 Å². The molecule has 1 aromatic rings. The van der Waals surface area contributed by atoms with Crippen LogP contribution in [0.1, 0.15) is 19.4 Å². The zero-order chi connectivity index (χ0) is 11.6. The second-order valence-electron chi connectivity index (χ2n) is 3.90. The van der Waals surface area contributed by atoms with Crippen molar-refractivity contribution in [2.24, 2.45) is 0 Å². The van der Waals surface area contributed by atoms with Crippen molar-refractivity contribution in [1.29, 1.82) is 0 Å². The average Bonchev–Trinajstić information content (AvgIpc) is 2.17. The highest BCUT2D eigenvalue weighted by Gasteiger charge is 2.41. The minimum Gasteiger partial charge on any atom is -0.611 e. The van der Waals surface area contributed by atoms with E-state index in [1.807, 2.05) is 19.1 Å². The standard InChI is InChI=1S/C11H14O3S/c1-8-4-6-9(7-5-8)15(14)11(2,3)10(12)13/h4-7H,1-3H3,(H,12,13). The molecule has 1 N–H and O–H groups in total. The predicted molar refractivity (Wildman–Crippen MR) is 59.3 cm³/mol. The number of carboxylic acids is 1. The molecule has 0 aliphatic heterocycles. The van der Waals surface area contributed by atoms with E-state index in [1.54, 1.807) is 12.1 Å². The van der Waals surface area contributed by atoms with E-state index >= 15 is 0 Å². The van der Waals surface area contributed by atoms with Gasteiger partial charge in [-0.05, 0) is 32.9 Å². The Kier molecular flexibility index (Phi) is 3.42. The zero-order valence-electron chi connectivity index (χ0n) is 8.98. The van der Waals surface area contributed by atoms with E-state index in [1.165, 1.54) is 13.8 Å². The first-order valence-electron chi connectivity index (χ1n) is 4.57. The van der Waals surface area contributed by atoms with E-state index in [0.29, 0.717) is 4.90 Å². The smallest absolute Gasteiger partial charge is 0.360 e. The number of hydrogen-bond donors (Lipinski definition) is 1. The van der Waals surface area contributed by atoms with Gasteiger partial charge in [-0.3, -0.25) is 0 Å². The Bertz CT molecular complexity index is 357. The Morgan fingerprint density at radius 1 is 1.33 bits per heavy atom. The molecule has 0 amide bonds. The van der Waals surface area contributed by atoms with Crippen LogP contribution in [-0.2, 0) is 16.0 Å². The fourth-order valence-electron chi connectivity index (χ4n) is 1.04. The van der Waals surface area contributed by atoms with Crippen LogP contribution in [0, 0.1) is 6.92 Å². The Morgan fingerprint density at radius 3 is 2.20 bits per heavy atom. The molecule has 0 saturated heterocycles. The lowest BCUT2D eigenvalue weighted by Gasteiger charge is -2.23. The van der Waals surface area contributed by atoms with Crippen LogP contribution < -0.4 is 0 Å². The molecule has 0 saturated carbocycles. The average molecular weight is 226 g/mol. The van der Waals surface area contributed by atoms with Crippen LogP contribution in [0.15, 0.2) is 29.2 Å². The molecule has 1 unspecified atom stereocenters. The number of aliphatic carboxylic acids is 1. The van der Waals surface area contributed by atoms with E-state index in [-0.39, 0.29) is 0 Å². The molecule has 0 heterocycles. The number of carbonyl (C=O) groups is 1.